The van der Waals surface area contributed by atoms with Crippen LogP contribution in [-0.2, 0) is 0 Å². The third kappa shape index (κ3) is 5.17. The van der Waals surface area contributed by atoms with Crippen LogP contribution in [0.4, 0.5) is 0 Å². The molecule has 5 aromatic heterocycles. The Morgan fingerprint density at radius 3 is 1.32 bits per heavy atom. The second-order valence-corrected chi connectivity index (χ2v) is 19.8. The maximum absolute atomic E-state index is 12.7. The van der Waals surface area contributed by atoms with Gasteiger partial charge in [0, 0.05) is 58.6 Å². The van der Waals surface area contributed by atoms with Gasteiger partial charge in [0.1, 0.15) is 23.3 Å². The van der Waals surface area contributed by atoms with E-state index in [9.17, 15) is 10.5 Å². The van der Waals surface area contributed by atoms with Crippen molar-refractivity contribution in [3.8, 4) is 34.9 Å². The summed E-state index contributed by atoms with van der Waals surface area (Å²) in [6.07, 6.45) is 0. The molecular weight excluding hydrogens is 885 g/mol. The first kappa shape index (κ1) is 39.6. The fraction of sp³-hybridized carbons (Fsp3) is 0.0312. The third-order valence-corrected chi connectivity index (χ3v) is 16.2. The molecule has 0 radical (unpaired) electrons. The van der Waals surface area contributed by atoms with Crippen molar-refractivity contribution in [3.05, 3.63) is 216 Å². The van der Waals surface area contributed by atoms with Crippen LogP contribution >= 0.6 is 11.3 Å². The van der Waals surface area contributed by atoms with Crippen LogP contribution in [-0.4, -0.2) is 18.3 Å². The molecule has 0 fully saturated rings. The van der Waals surface area contributed by atoms with Crippen LogP contribution in [0.25, 0.3) is 130 Å². The molecule has 330 valence electrons. The fourth-order valence-corrected chi connectivity index (χ4v) is 13.4. The maximum atomic E-state index is 12.7. The highest BCUT2D eigenvalue weighted by atomic mass is 32.1. The van der Waals surface area contributed by atoms with Crippen LogP contribution in [0.3, 0.4) is 0 Å². The largest absolute Gasteiger partial charge is 0.306 e. The number of nitrogens with zero attached hydrogens (tertiary/aromatic N) is 6. The van der Waals surface area contributed by atoms with Gasteiger partial charge in [-0.2, -0.15) is 10.5 Å². The minimum absolute atomic E-state index is 0.441. The quantitative estimate of drug-likeness (QED) is 0.176. The Morgan fingerprint density at radius 2 is 0.775 bits per heavy atom. The Bertz CT molecular complexity index is 4830. The first-order chi connectivity index (χ1) is 35.0. The van der Waals surface area contributed by atoms with E-state index in [-0.39, 0.29) is 0 Å². The van der Waals surface area contributed by atoms with Crippen molar-refractivity contribution in [2.45, 2.75) is 13.8 Å². The van der Waals surface area contributed by atoms with Crippen molar-refractivity contribution in [3.63, 3.8) is 0 Å². The van der Waals surface area contributed by atoms with E-state index in [2.05, 4.69) is 238 Å². The molecular formula is C64H38N6S. The smallest absolute Gasteiger partial charge is 0.104 e. The van der Waals surface area contributed by atoms with Gasteiger partial charge in [0.15, 0.2) is 0 Å². The lowest BCUT2D eigenvalue weighted by Crippen LogP contribution is -2.16. The average Bonchev–Trinajstić information content (AvgIpc) is 4.21. The van der Waals surface area contributed by atoms with Crippen molar-refractivity contribution < 1.29 is 0 Å². The summed E-state index contributed by atoms with van der Waals surface area (Å²) in [7, 11) is 0. The molecule has 0 atom stereocenters. The van der Waals surface area contributed by atoms with Crippen molar-refractivity contribution in [2.24, 2.45) is 0 Å². The molecule has 0 amide bonds. The molecule has 0 aliphatic carbocycles. The predicted octanol–water partition coefficient (Wildman–Crippen LogP) is 16.8. The van der Waals surface area contributed by atoms with E-state index < -0.39 is 0 Å². The standard InChI is InChI=1S/C64H38N6S/c1-37-30-33-55-47(34-37)44-31-32-45-43-21-8-14-29-57(43)71-64(45)63(44)70(55)62-49(36-66)60(69-54-27-13-7-22-46(54)58-38(2)16-15-28-56(58)69)59(67-50-23-9-3-17-39(50)40-18-4-10-24-51(40)67)48(35-65)61(62)68-52-25-11-5-19-41(52)42-20-6-12-26-53(42)68/h3-34H,1-2H3. The molecule has 0 unspecified atom stereocenters. The first-order valence-electron chi connectivity index (χ1n) is 23.9. The van der Waals surface area contributed by atoms with Crippen LogP contribution < -0.4 is 0 Å². The molecule has 0 saturated heterocycles. The Balaban J connectivity index is 1.30. The van der Waals surface area contributed by atoms with Crippen LogP contribution in [0, 0.1) is 36.5 Å². The predicted molar refractivity (Wildman–Crippen MR) is 296 cm³/mol. The topological polar surface area (TPSA) is 67.3 Å². The Labute approximate surface area is 410 Å². The van der Waals surface area contributed by atoms with Gasteiger partial charge < -0.3 is 18.3 Å². The molecule has 71 heavy (non-hydrogen) atoms. The van der Waals surface area contributed by atoms with E-state index in [1.54, 1.807) is 11.3 Å². The molecule has 0 spiro atoms. The lowest BCUT2D eigenvalue weighted by Gasteiger charge is -2.27. The lowest BCUT2D eigenvalue weighted by molar-refractivity contribution is 1.02. The SMILES string of the molecule is Cc1ccc2c(c1)c1ccc3c4ccccc4sc3c1n2-c1c(C#N)c(-n2c3ccccc3c3c(C)cccc32)c(-n2c3ccccc3c3ccccc32)c(C#N)c1-n1c2ccccc2c2ccccc21. The maximum Gasteiger partial charge on any atom is 0.104 e. The van der Waals surface area contributed by atoms with E-state index in [4.69, 9.17) is 0 Å². The van der Waals surface area contributed by atoms with Gasteiger partial charge in [-0.3, -0.25) is 0 Å². The van der Waals surface area contributed by atoms with E-state index in [0.717, 1.165) is 108 Å². The fourth-order valence-electron chi connectivity index (χ4n) is 12.2. The van der Waals surface area contributed by atoms with E-state index in [0.29, 0.717) is 33.9 Å². The highest BCUT2D eigenvalue weighted by Gasteiger charge is 2.35. The molecule has 0 bridgehead atoms. The summed E-state index contributed by atoms with van der Waals surface area (Å²) >= 11 is 1.78. The minimum atomic E-state index is 0.441. The Kier molecular flexibility index (Phi) is 8.12. The molecule has 0 aliphatic heterocycles. The van der Waals surface area contributed by atoms with Crippen LogP contribution in [0.2, 0.25) is 0 Å². The van der Waals surface area contributed by atoms with Gasteiger partial charge in [-0.15, -0.1) is 11.3 Å². The van der Waals surface area contributed by atoms with Gasteiger partial charge in [0.2, 0.25) is 0 Å². The van der Waals surface area contributed by atoms with E-state index in [1.807, 2.05) is 0 Å². The van der Waals surface area contributed by atoms with Gasteiger partial charge in [-0.05, 0) is 74.0 Å². The van der Waals surface area contributed by atoms with Crippen molar-refractivity contribution in [1.82, 2.24) is 18.3 Å². The number of rotatable bonds is 4. The summed E-state index contributed by atoms with van der Waals surface area (Å²) in [5.74, 6) is 0. The zero-order valence-corrected chi connectivity index (χ0v) is 39.4. The molecule has 0 N–H and O–H groups in total. The average molecular weight is 923 g/mol. The first-order valence-corrected chi connectivity index (χ1v) is 24.7. The number of aryl methyl sites for hydroxylation is 2. The minimum Gasteiger partial charge on any atom is -0.306 e. The van der Waals surface area contributed by atoms with Gasteiger partial charge >= 0.3 is 0 Å². The molecule has 0 aliphatic rings. The van der Waals surface area contributed by atoms with E-state index in [1.165, 1.54) is 10.1 Å². The number of hydrogen-bond donors (Lipinski definition) is 0. The summed E-state index contributed by atoms with van der Waals surface area (Å²) in [6, 6.07) is 74.5. The molecule has 10 aromatic carbocycles. The number of fused-ring (bicyclic) bond motifs is 16. The van der Waals surface area contributed by atoms with Gasteiger partial charge in [-0.25, -0.2) is 0 Å². The summed E-state index contributed by atoms with van der Waals surface area (Å²) in [6.45, 7) is 4.30. The Hall–Kier alpha value is -9.40. The highest BCUT2D eigenvalue weighted by Crippen LogP contribution is 2.50. The lowest BCUT2D eigenvalue weighted by atomic mass is 9.98. The van der Waals surface area contributed by atoms with Gasteiger partial charge in [0.05, 0.1) is 71.6 Å². The van der Waals surface area contributed by atoms with Crippen LogP contribution in [0.1, 0.15) is 22.3 Å². The van der Waals surface area contributed by atoms with Crippen LogP contribution in [0.5, 0.6) is 0 Å². The number of thiophene rings is 1. The Morgan fingerprint density at radius 1 is 0.352 bits per heavy atom. The molecule has 15 rings (SSSR count). The highest BCUT2D eigenvalue weighted by molar-refractivity contribution is 7.26. The summed E-state index contributed by atoms with van der Waals surface area (Å²) in [5.41, 5.74) is 13.3. The van der Waals surface area contributed by atoms with Crippen molar-refractivity contribution in [2.75, 3.05) is 0 Å². The molecule has 0 saturated carbocycles. The normalized spacial score (nSPS) is 12.1. The second kappa shape index (κ2) is 14.6. The third-order valence-electron chi connectivity index (χ3n) is 15.0. The second-order valence-electron chi connectivity index (χ2n) is 18.7. The summed E-state index contributed by atoms with van der Waals surface area (Å²) in [5, 5.41) is 36.2. The number of aromatic nitrogens is 4. The monoisotopic (exact) mass is 922 g/mol. The summed E-state index contributed by atoms with van der Waals surface area (Å²) in [4.78, 5) is 0. The van der Waals surface area contributed by atoms with Gasteiger partial charge in [0.25, 0.3) is 0 Å². The molecule has 7 heteroatoms. The van der Waals surface area contributed by atoms with E-state index >= 15 is 0 Å². The molecule has 6 nitrogen and oxygen atoms in total. The summed E-state index contributed by atoms with van der Waals surface area (Å²) < 4.78 is 11.5. The number of nitriles is 2. The number of hydrogen-bond acceptors (Lipinski definition) is 3. The van der Waals surface area contributed by atoms with Crippen molar-refractivity contribution in [1.29, 1.82) is 10.5 Å². The van der Waals surface area contributed by atoms with Gasteiger partial charge in [-0.1, -0.05) is 145 Å². The molecule has 15 aromatic rings. The number of benzene rings is 10. The number of para-hydroxylation sites is 5. The zero-order valence-electron chi connectivity index (χ0n) is 38.6. The van der Waals surface area contributed by atoms with Crippen LogP contribution in [0.15, 0.2) is 194 Å². The molecule has 5 heterocycles. The zero-order chi connectivity index (χ0) is 47.2. The van der Waals surface area contributed by atoms with Crippen molar-refractivity contribution >= 4 is 119 Å².